The largest absolute Gasteiger partial charge is 0.245 e. The molecule has 0 radical (unpaired) electrons. The minimum Gasteiger partial charge on any atom is -0.245 e. The van der Waals surface area contributed by atoms with Crippen molar-refractivity contribution in [3.8, 4) is 0 Å². The van der Waals surface area contributed by atoms with Crippen molar-refractivity contribution in [2.45, 2.75) is 48.5 Å². The Bertz CT molecular complexity index is 278. The highest BCUT2D eigenvalue weighted by atomic mass is 14.8. The zero-order chi connectivity index (χ0) is 12.3. The zero-order valence-corrected chi connectivity index (χ0v) is 11.1. The first kappa shape index (κ1) is 16.3. The van der Waals surface area contributed by atoms with Crippen LogP contribution >= 0.6 is 0 Å². The maximum Gasteiger partial charge on any atom is 0.116 e. The fourth-order valence-electron chi connectivity index (χ4n) is 0.949. The lowest BCUT2D eigenvalue weighted by molar-refractivity contribution is 1.10. The molecule has 0 aliphatic carbocycles. The van der Waals surface area contributed by atoms with Crippen LogP contribution < -0.4 is 0 Å². The van der Waals surface area contributed by atoms with Gasteiger partial charge in [0.25, 0.3) is 0 Å². The molecule has 1 aromatic heterocycles. The topological polar surface area (TPSA) is 25.8 Å². The van der Waals surface area contributed by atoms with Gasteiger partial charge in [-0.15, -0.1) is 0 Å². The first-order valence-electron chi connectivity index (χ1n) is 5.65. The fraction of sp³-hybridized carbons (Fsp3) is 0.538. The molecular formula is C13H24N2. The molecule has 2 heteroatoms. The first-order valence-corrected chi connectivity index (χ1v) is 5.65. The summed E-state index contributed by atoms with van der Waals surface area (Å²) in [5, 5.41) is 0. The van der Waals surface area contributed by atoms with Crippen LogP contribution in [0.2, 0.25) is 0 Å². The molecule has 0 atom stereocenters. The molecule has 1 heterocycles. The third-order valence-corrected chi connectivity index (χ3v) is 1.70. The average Bonchev–Trinajstić information content (AvgIpc) is 2.34. The van der Waals surface area contributed by atoms with Crippen molar-refractivity contribution in [1.82, 2.24) is 9.97 Å². The molecule has 0 saturated heterocycles. The quantitative estimate of drug-likeness (QED) is 0.689. The van der Waals surface area contributed by atoms with E-state index in [1.165, 1.54) is 5.57 Å². The standard InChI is InChI=1S/C9H12N2.2C2H6/c1-4-7(2)9-8(3)5-10-6-11-9;2*1-2/h4-6H,1-3H3;2*1-2H3/b7-4+;;. The SMILES string of the molecule is C/C=C(\C)c1ncncc1C.CC.CC. The van der Waals surface area contributed by atoms with Crippen LogP contribution in [0.5, 0.6) is 0 Å². The van der Waals surface area contributed by atoms with Crippen molar-refractivity contribution in [2.24, 2.45) is 0 Å². The molecule has 0 aromatic carbocycles. The number of hydrogen-bond acceptors (Lipinski definition) is 2. The van der Waals surface area contributed by atoms with Crippen molar-refractivity contribution in [3.05, 3.63) is 29.9 Å². The van der Waals surface area contributed by atoms with Gasteiger partial charge in [0.05, 0.1) is 5.69 Å². The van der Waals surface area contributed by atoms with E-state index in [2.05, 4.69) is 23.0 Å². The van der Waals surface area contributed by atoms with Crippen LogP contribution in [0.15, 0.2) is 18.6 Å². The van der Waals surface area contributed by atoms with Gasteiger partial charge in [0.15, 0.2) is 0 Å². The summed E-state index contributed by atoms with van der Waals surface area (Å²) in [4.78, 5) is 8.09. The van der Waals surface area contributed by atoms with E-state index in [1.807, 2.05) is 47.7 Å². The van der Waals surface area contributed by atoms with Crippen LogP contribution in [0.3, 0.4) is 0 Å². The second kappa shape index (κ2) is 10.9. The van der Waals surface area contributed by atoms with Crippen LogP contribution in [-0.2, 0) is 0 Å². The molecule has 0 unspecified atom stereocenters. The summed E-state index contributed by atoms with van der Waals surface area (Å²) in [6.07, 6.45) is 5.46. The van der Waals surface area contributed by atoms with Gasteiger partial charge < -0.3 is 0 Å². The highest BCUT2D eigenvalue weighted by molar-refractivity contribution is 5.62. The first-order chi connectivity index (χ1) is 7.25. The van der Waals surface area contributed by atoms with E-state index < -0.39 is 0 Å². The number of nitrogens with zero attached hydrogens (tertiary/aromatic N) is 2. The van der Waals surface area contributed by atoms with Gasteiger partial charge in [-0.25, -0.2) is 9.97 Å². The molecule has 0 spiro atoms. The Hall–Kier alpha value is -1.18. The van der Waals surface area contributed by atoms with Gasteiger partial charge in [0.2, 0.25) is 0 Å². The number of rotatable bonds is 1. The van der Waals surface area contributed by atoms with Gasteiger partial charge in [-0.2, -0.15) is 0 Å². The second-order valence-corrected chi connectivity index (χ2v) is 2.53. The molecule has 86 valence electrons. The summed E-state index contributed by atoms with van der Waals surface area (Å²) in [5.41, 5.74) is 3.37. The molecule has 1 aromatic rings. The van der Waals surface area contributed by atoms with Crippen LogP contribution in [0.4, 0.5) is 0 Å². The molecule has 0 amide bonds. The summed E-state index contributed by atoms with van der Waals surface area (Å²) >= 11 is 0. The summed E-state index contributed by atoms with van der Waals surface area (Å²) in [6.45, 7) is 14.1. The van der Waals surface area contributed by atoms with Crippen LogP contribution in [0, 0.1) is 6.92 Å². The minimum atomic E-state index is 1.04. The van der Waals surface area contributed by atoms with Crippen molar-refractivity contribution >= 4 is 5.57 Å². The van der Waals surface area contributed by atoms with E-state index in [0.29, 0.717) is 0 Å². The maximum atomic E-state index is 4.17. The fourth-order valence-corrected chi connectivity index (χ4v) is 0.949. The molecule has 15 heavy (non-hydrogen) atoms. The maximum absolute atomic E-state index is 4.17. The van der Waals surface area contributed by atoms with Gasteiger partial charge in [0.1, 0.15) is 6.33 Å². The molecule has 2 nitrogen and oxygen atoms in total. The van der Waals surface area contributed by atoms with Gasteiger partial charge in [-0.05, 0) is 31.9 Å². The van der Waals surface area contributed by atoms with E-state index >= 15 is 0 Å². The molecule has 1 rings (SSSR count). The zero-order valence-electron chi connectivity index (χ0n) is 11.1. The number of aromatic nitrogens is 2. The molecule has 0 aliphatic heterocycles. The molecule has 0 fully saturated rings. The Labute approximate surface area is 94.5 Å². The number of allylic oxidation sites excluding steroid dienone is 2. The van der Waals surface area contributed by atoms with Gasteiger partial charge in [0, 0.05) is 6.20 Å². The lowest BCUT2D eigenvalue weighted by Crippen LogP contribution is -1.91. The van der Waals surface area contributed by atoms with E-state index in [9.17, 15) is 0 Å². The third-order valence-electron chi connectivity index (χ3n) is 1.70. The van der Waals surface area contributed by atoms with Crippen molar-refractivity contribution in [1.29, 1.82) is 0 Å². The van der Waals surface area contributed by atoms with Crippen LogP contribution in [-0.4, -0.2) is 9.97 Å². The molecular weight excluding hydrogens is 184 g/mol. The Morgan fingerprint density at radius 3 is 2.13 bits per heavy atom. The monoisotopic (exact) mass is 208 g/mol. The Morgan fingerprint density at radius 1 is 1.20 bits per heavy atom. The Balaban J connectivity index is 0. The second-order valence-electron chi connectivity index (χ2n) is 2.53. The Kier molecular flexibility index (Phi) is 11.8. The molecule has 0 saturated carbocycles. The smallest absolute Gasteiger partial charge is 0.116 e. The number of hydrogen-bond donors (Lipinski definition) is 0. The summed E-state index contributed by atoms with van der Waals surface area (Å²) in [7, 11) is 0. The Morgan fingerprint density at radius 2 is 1.73 bits per heavy atom. The van der Waals surface area contributed by atoms with Gasteiger partial charge in [-0.1, -0.05) is 33.8 Å². The normalized spacial score (nSPS) is 9.40. The van der Waals surface area contributed by atoms with Gasteiger partial charge >= 0.3 is 0 Å². The highest BCUT2D eigenvalue weighted by Gasteiger charge is 1.98. The third kappa shape index (κ3) is 6.00. The van der Waals surface area contributed by atoms with E-state index in [-0.39, 0.29) is 0 Å². The highest BCUT2D eigenvalue weighted by Crippen LogP contribution is 2.12. The van der Waals surface area contributed by atoms with Gasteiger partial charge in [-0.3, -0.25) is 0 Å². The van der Waals surface area contributed by atoms with Crippen LogP contribution in [0.1, 0.15) is 52.8 Å². The summed E-state index contributed by atoms with van der Waals surface area (Å²) in [6, 6.07) is 0. The molecule has 0 aliphatic rings. The van der Waals surface area contributed by atoms with Crippen molar-refractivity contribution in [2.75, 3.05) is 0 Å². The van der Waals surface area contributed by atoms with Crippen molar-refractivity contribution in [3.63, 3.8) is 0 Å². The van der Waals surface area contributed by atoms with E-state index in [1.54, 1.807) is 6.33 Å². The molecule has 0 bridgehead atoms. The van der Waals surface area contributed by atoms with E-state index in [0.717, 1.165) is 11.3 Å². The minimum absolute atomic E-state index is 1.04. The van der Waals surface area contributed by atoms with Crippen LogP contribution in [0.25, 0.3) is 5.57 Å². The van der Waals surface area contributed by atoms with Crippen molar-refractivity contribution < 1.29 is 0 Å². The predicted octanol–water partition coefficient (Wildman–Crippen LogP) is 4.26. The lowest BCUT2D eigenvalue weighted by atomic mass is 10.1. The summed E-state index contributed by atoms with van der Waals surface area (Å²) in [5.74, 6) is 0. The molecule has 0 N–H and O–H groups in total. The number of aryl methyl sites for hydroxylation is 1. The predicted molar refractivity (Wildman–Crippen MR) is 68.8 cm³/mol. The average molecular weight is 208 g/mol. The lowest BCUT2D eigenvalue weighted by Gasteiger charge is -2.01. The summed E-state index contributed by atoms with van der Waals surface area (Å²) < 4.78 is 0. The van der Waals surface area contributed by atoms with E-state index in [4.69, 9.17) is 0 Å².